The van der Waals surface area contributed by atoms with Gasteiger partial charge in [0.1, 0.15) is 12.6 Å². The Bertz CT molecular complexity index is 417. The minimum Gasteiger partial charge on any atom is -0.480 e. The summed E-state index contributed by atoms with van der Waals surface area (Å²) in [6.45, 7) is 3.29. The van der Waals surface area contributed by atoms with Crippen molar-refractivity contribution in [1.29, 1.82) is 0 Å². The zero-order valence-electron chi connectivity index (χ0n) is 8.96. The molecule has 0 radical (unpaired) electrons. The maximum Gasteiger partial charge on any atom is 0.408 e. The minimum absolute atomic E-state index is 0.0405. The molecule has 1 atom stereocenters. The van der Waals surface area contributed by atoms with Gasteiger partial charge in [0.05, 0.1) is 11.5 Å². The predicted molar refractivity (Wildman–Crippen MR) is 58.2 cm³/mol. The third-order valence-corrected chi connectivity index (χ3v) is 4.15. The van der Waals surface area contributed by atoms with E-state index in [0.717, 1.165) is 0 Å². The number of alkyl carbamates (subject to hydrolysis) is 1. The van der Waals surface area contributed by atoms with Gasteiger partial charge in [-0.1, -0.05) is 12.7 Å². The van der Waals surface area contributed by atoms with Gasteiger partial charge in [-0.05, 0) is 0 Å². The van der Waals surface area contributed by atoms with E-state index in [2.05, 4.69) is 16.6 Å². The summed E-state index contributed by atoms with van der Waals surface area (Å²) < 4.78 is 26.4. The second-order valence-corrected chi connectivity index (χ2v) is 5.84. The molecule has 1 unspecified atom stereocenters. The van der Waals surface area contributed by atoms with E-state index in [1.165, 1.54) is 6.08 Å². The first-order valence-corrected chi connectivity index (χ1v) is 6.65. The summed E-state index contributed by atoms with van der Waals surface area (Å²) in [5.41, 5.74) is 0. The van der Waals surface area contributed by atoms with Crippen molar-refractivity contribution in [2.24, 2.45) is 5.92 Å². The van der Waals surface area contributed by atoms with Gasteiger partial charge >= 0.3 is 12.1 Å². The summed E-state index contributed by atoms with van der Waals surface area (Å²) in [5.74, 6) is -2.34. The van der Waals surface area contributed by atoms with Crippen LogP contribution in [-0.2, 0) is 19.4 Å². The molecule has 0 aliphatic carbocycles. The Labute approximate surface area is 98.4 Å². The number of carbonyl (C=O) groups is 2. The molecule has 2 N–H and O–H groups in total. The number of sulfone groups is 1. The van der Waals surface area contributed by atoms with Crippen molar-refractivity contribution in [3.63, 3.8) is 0 Å². The Morgan fingerprint density at radius 2 is 2.12 bits per heavy atom. The fourth-order valence-electron chi connectivity index (χ4n) is 1.48. The number of rotatable bonds is 5. The molecule has 0 saturated carbocycles. The molecule has 1 fully saturated rings. The topological polar surface area (TPSA) is 110 Å². The minimum atomic E-state index is -3.13. The van der Waals surface area contributed by atoms with E-state index >= 15 is 0 Å². The number of ether oxygens (including phenoxy) is 1. The van der Waals surface area contributed by atoms with E-state index < -0.39 is 33.9 Å². The quantitative estimate of drug-likeness (QED) is 0.641. The highest BCUT2D eigenvalue weighted by atomic mass is 32.2. The molecule has 0 aromatic heterocycles. The summed E-state index contributed by atoms with van der Waals surface area (Å²) in [5, 5.41) is 11.0. The maximum atomic E-state index is 11.1. The molecule has 1 aliphatic heterocycles. The number of nitrogens with one attached hydrogen (secondary N) is 1. The van der Waals surface area contributed by atoms with Crippen molar-refractivity contribution in [2.45, 2.75) is 6.04 Å². The Morgan fingerprint density at radius 1 is 1.53 bits per heavy atom. The van der Waals surface area contributed by atoms with Gasteiger partial charge in [0.15, 0.2) is 9.84 Å². The third kappa shape index (κ3) is 3.74. The average molecular weight is 263 g/mol. The largest absolute Gasteiger partial charge is 0.480 e. The van der Waals surface area contributed by atoms with Gasteiger partial charge in [0.25, 0.3) is 0 Å². The van der Waals surface area contributed by atoms with Crippen molar-refractivity contribution in [2.75, 3.05) is 18.1 Å². The number of hydrogen-bond acceptors (Lipinski definition) is 5. The van der Waals surface area contributed by atoms with Crippen LogP contribution in [0, 0.1) is 5.92 Å². The number of amides is 1. The van der Waals surface area contributed by atoms with Crippen LogP contribution in [0.5, 0.6) is 0 Å². The second-order valence-electron chi connectivity index (χ2n) is 3.68. The Kier molecular flexibility index (Phi) is 4.11. The lowest BCUT2D eigenvalue weighted by Gasteiger charge is -2.30. The molecule has 0 aromatic carbocycles. The molecular formula is C9H13NO6S. The van der Waals surface area contributed by atoms with Crippen LogP contribution in [0.1, 0.15) is 0 Å². The molecule has 1 rings (SSSR count). The molecule has 1 aliphatic rings. The molecule has 1 amide bonds. The van der Waals surface area contributed by atoms with Crippen LogP contribution in [0.2, 0.25) is 0 Å². The smallest absolute Gasteiger partial charge is 0.408 e. The maximum absolute atomic E-state index is 11.1. The first-order valence-electron chi connectivity index (χ1n) is 4.83. The molecule has 8 heteroatoms. The molecular weight excluding hydrogens is 250 g/mol. The van der Waals surface area contributed by atoms with Gasteiger partial charge in [-0.25, -0.2) is 18.0 Å². The highest BCUT2D eigenvalue weighted by Gasteiger charge is 2.43. The fourth-order valence-corrected chi connectivity index (χ4v) is 3.07. The second kappa shape index (κ2) is 5.17. The molecule has 0 spiro atoms. The molecule has 0 bridgehead atoms. The molecule has 96 valence electrons. The SMILES string of the molecule is C=CCOC(=O)NC(C(=O)O)C1CS(=O)(=O)C1. The Morgan fingerprint density at radius 3 is 2.53 bits per heavy atom. The van der Waals surface area contributed by atoms with Crippen molar-refractivity contribution < 1.29 is 27.9 Å². The van der Waals surface area contributed by atoms with E-state index in [1.54, 1.807) is 0 Å². The van der Waals surface area contributed by atoms with Crippen LogP contribution in [0.4, 0.5) is 4.79 Å². The average Bonchev–Trinajstić information content (AvgIpc) is 2.19. The summed E-state index contributed by atoms with van der Waals surface area (Å²) in [4.78, 5) is 22.0. The Hall–Kier alpha value is -1.57. The van der Waals surface area contributed by atoms with Crippen LogP contribution in [0.15, 0.2) is 12.7 Å². The van der Waals surface area contributed by atoms with E-state index in [9.17, 15) is 18.0 Å². The molecule has 7 nitrogen and oxygen atoms in total. The zero-order chi connectivity index (χ0) is 13.1. The third-order valence-electron chi connectivity index (χ3n) is 2.28. The van der Waals surface area contributed by atoms with Gasteiger partial charge in [0, 0.05) is 5.92 Å². The molecule has 0 aromatic rings. The van der Waals surface area contributed by atoms with E-state index in [4.69, 9.17) is 5.11 Å². The molecule has 1 heterocycles. The highest BCUT2D eigenvalue weighted by molar-refractivity contribution is 7.92. The van der Waals surface area contributed by atoms with Gasteiger partial charge in [-0.15, -0.1) is 0 Å². The molecule has 1 saturated heterocycles. The lowest BCUT2D eigenvalue weighted by molar-refractivity contribution is -0.140. The van der Waals surface area contributed by atoms with Crippen molar-refractivity contribution in [3.05, 3.63) is 12.7 Å². The monoisotopic (exact) mass is 263 g/mol. The van der Waals surface area contributed by atoms with Gasteiger partial charge in [-0.2, -0.15) is 0 Å². The highest BCUT2D eigenvalue weighted by Crippen LogP contribution is 2.22. The van der Waals surface area contributed by atoms with Gasteiger partial charge in [-0.3, -0.25) is 0 Å². The summed E-state index contributed by atoms with van der Waals surface area (Å²) in [6, 6.07) is -1.24. The first kappa shape index (κ1) is 13.5. The standard InChI is InChI=1S/C9H13NO6S/c1-2-3-16-9(13)10-7(8(11)12)6-4-17(14,15)5-6/h2,6-7H,1,3-5H2,(H,10,13)(H,11,12). The summed E-state index contributed by atoms with van der Waals surface area (Å²) in [6.07, 6.45) is 0.435. The number of carbonyl (C=O) groups excluding carboxylic acids is 1. The number of hydrogen-bond donors (Lipinski definition) is 2. The van der Waals surface area contributed by atoms with Gasteiger partial charge < -0.3 is 15.2 Å². The fraction of sp³-hybridized carbons (Fsp3) is 0.556. The van der Waals surface area contributed by atoms with E-state index in [1.807, 2.05) is 0 Å². The van der Waals surface area contributed by atoms with E-state index in [0.29, 0.717) is 0 Å². The normalized spacial score (nSPS) is 19.8. The number of carboxylic acids is 1. The first-order chi connectivity index (χ1) is 7.85. The van der Waals surface area contributed by atoms with Crippen molar-refractivity contribution >= 4 is 21.9 Å². The predicted octanol–water partition coefficient (Wildman–Crippen LogP) is -0.604. The lowest BCUT2D eigenvalue weighted by Crippen LogP contribution is -2.55. The number of aliphatic carboxylic acids is 1. The van der Waals surface area contributed by atoms with Crippen LogP contribution in [0.3, 0.4) is 0 Å². The zero-order valence-corrected chi connectivity index (χ0v) is 9.77. The summed E-state index contributed by atoms with van der Waals surface area (Å²) >= 11 is 0. The number of carboxylic acid groups (broad SMARTS) is 1. The van der Waals surface area contributed by atoms with Crippen molar-refractivity contribution in [1.82, 2.24) is 5.32 Å². The van der Waals surface area contributed by atoms with Crippen LogP contribution < -0.4 is 5.32 Å². The van der Waals surface area contributed by atoms with Crippen LogP contribution >= 0.6 is 0 Å². The lowest BCUT2D eigenvalue weighted by atomic mass is 10.0. The summed E-state index contributed by atoms with van der Waals surface area (Å²) in [7, 11) is -3.13. The van der Waals surface area contributed by atoms with Crippen molar-refractivity contribution in [3.8, 4) is 0 Å². The van der Waals surface area contributed by atoms with Gasteiger partial charge in [0.2, 0.25) is 0 Å². The van der Waals surface area contributed by atoms with Crippen LogP contribution in [-0.4, -0.2) is 49.7 Å². The molecule has 17 heavy (non-hydrogen) atoms. The van der Waals surface area contributed by atoms with Crippen LogP contribution in [0.25, 0.3) is 0 Å². The van der Waals surface area contributed by atoms with E-state index in [-0.39, 0.29) is 18.1 Å². The Balaban J connectivity index is 2.53.